The standard InChI is InChI=1S/C11H10N2/c1-2-3-9-4-5-10-11(8-9)13-7-6-12-10/h2-8H,1H3. The van der Waals surface area contributed by atoms with Gasteiger partial charge in [-0.15, -0.1) is 0 Å². The summed E-state index contributed by atoms with van der Waals surface area (Å²) in [7, 11) is 0. The molecule has 0 fully saturated rings. The Morgan fingerprint density at radius 1 is 1.08 bits per heavy atom. The molecule has 0 atom stereocenters. The van der Waals surface area contributed by atoms with Crippen molar-refractivity contribution in [1.29, 1.82) is 0 Å². The Hall–Kier alpha value is -1.70. The topological polar surface area (TPSA) is 25.8 Å². The van der Waals surface area contributed by atoms with E-state index in [9.17, 15) is 0 Å². The zero-order valence-corrected chi connectivity index (χ0v) is 7.44. The van der Waals surface area contributed by atoms with Crippen LogP contribution in [-0.2, 0) is 0 Å². The zero-order valence-electron chi connectivity index (χ0n) is 7.44. The van der Waals surface area contributed by atoms with Crippen molar-refractivity contribution in [2.24, 2.45) is 0 Å². The monoisotopic (exact) mass is 170 g/mol. The molecule has 0 N–H and O–H groups in total. The number of hydrogen-bond acceptors (Lipinski definition) is 2. The Bertz CT molecular complexity index is 447. The van der Waals surface area contributed by atoms with Crippen LogP contribution in [-0.4, -0.2) is 9.97 Å². The maximum Gasteiger partial charge on any atom is 0.0892 e. The van der Waals surface area contributed by atoms with Crippen molar-refractivity contribution in [1.82, 2.24) is 9.97 Å². The lowest BCUT2D eigenvalue weighted by Crippen LogP contribution is -1.82. The van der Waals surface area contributed by atoms with E-state index in [2.05, 4.69) is 9.97 Å². The third kappa shape index (κ3) is 1.56. The maximum absolute atomic E-state index is 4.23. The Balaban J connectivity index is 2.62. The molecule has 2 heteroatoms. The highest BCUT2D eigenvalue weighted by Crippen LogP contribution is 2.11. The van der Waals surface area contributed by atoms with Gasteiger partial charge in [0.25, 0.3) is 0 Å². The summed E-state index contributed by atoms with van der Waals surface area (Å²) in [5.41, 5.74) is 3.05. The SMILES string of the molecule is CC=Cc1ccc2nccnc2c1. The van der Waals surface area contributed by atoms with Crippen molar-refractivity contribution in [3.63, 3.8) is 0 Å². The molecule has 0 aliphatic carbocycles. The first kappa shape index (κ1) is 7.92. The molecule has 0 saturated carbocycles. The van der Waals surface area contributed by atoms with E-state index in [-0.39, 0.29) is 0 Å². The van der Waals surface area contributed by atoms with E-state index in [0.29, 0.717) is 0 Å². The molecule has 1 aromatic carbocycles. The van der Waals surface area contributed by atoms with Gasteiger partial charge in [0.2, 0.25) is 0 Å². The Labute approximate surface area is 77.0 Å². The molecule has 0 aliphatic rings. The molecular weight excluding hydrogens is 160 g/mol. The van der Waals surface area contributed by atoms with Gasteiger partial charge in [0, 0.05) is 12.4 Å². The zero-order chi connectivity index (χ0) is 9.10. The van der Waals surface area contributed by atoms with Crippen LogP contribution in [0.15, 0.2) is 36.7 Å². The summed E-state index contributed by atoms with van der Waals surface area (Å²) in [6, 6.07) is 6.05. The number of fused-ring (bicyclic) bond motifs is 1. The van der Waals surface area contributed by atoms with Crippen LogP contribution in [0.5, 0.6) is 0 Å². The predicted molar refractivity (Wildman–Crippen MR) is 54.2 cm³/mol. The highest BCUT2D eigenvalue weighted by molar-refractivity contribution is 5.76. The summed E-state index contributed by atoms with van der Waals surface area (Å²) >= 11 is 0. The van der Waals surface area contributed by atoms with Gasteiger partial charge in [-0.1, -0.05) is 18.2 Å². The third-order valence-electron chi connectivity index (χ3n) is 1.85. The van der Waals surface area contributed by atoms with Gasteiger partial charge in [-0.2, -0.15) is 0 Å². The van der Waals surface area contributed by atoms with Crippen molar-refractivity contribution in [2.45, 2.75) is 6.92 Å². The van der Waals surface area contributed by atoms with Gasteiger partial charge in [0.1, 0.15) is 0 Å². The highest BCUT2D eigenvalue weighted by Gasteiger charge is 1.94. The van der Waals surface area contributed by atoms with E-state index < -0.39 is 0 Å². The third-order valence-corrected chi connectivity index (χ3v) is 1.85. The molecule has 1 aromatic heterocycles. The van der Waals surface area contributed by atoms with E-state index in [1.165, 1.54) is 0 Å². The summed E-state index contributed by atoms with van der Waals surface area (Å²) in [6.07, 6.45) is 7.48. The second-order valence-corrected chi connectivity index (χ2v) is 2.80. The number of allylic oxidation sites excluding steroid dienone is 1. The molecule has 0 amide bonds. The van der Waals surface area contributed by atoms with Crippen LogP contribution in [0, 0.1) is 0 Å². The van der Waals surface area contributed by atoms with Crippen LogP contribution in [0.1, 0.15) is 12.5 Å². The van der Waals surface area contributed by atoms with Gasteiger partial charge in [0.15, 0.2) is 0 Å². The largest absolute Gasteiger partial charge is 0.253 e. The summed E-state index contributed by atoms with van der Waals surface area (Å²) in [4.78, 5) is 8.42. The number of nitrogens with zero attached hydrogens (tertiary/aromatic N) is 2. The average Bonchev–Trinajstić information content (AvgIpc) is 2.18. The van der Waals surface area contributed by atoms with E-state index in [1.54, 1.807) is 12.4 Å². The minimum Gasteiger partial charge on any atom is -0.253 e. The normalized spacial score (nSPS) is 11.2. The molecule has 1 heterocycles. The Morgan fingerprint density at radius 2 is 1.85 bits per heavy atom. The molecule has 2 nitrogen and oxygen atoms in total. The number of benzene rings is 1. The molecule has 2 rings (SSSR count). The number of aromatic nitrogens is 2. The van der Waals surface area contributed by atoms with E-state index in [1.807, 2.05) is 37.3 Å². The molecule has 0 spiro atoms. The van der Waals surface area contributed by atoms with E-state index in [0.717, 1.165) is 16.6 Å². The summed E-state index contributed by atoms with van der Waals surface area (Å²) < 4.78 is 0. The van der Waals surface area contributed by atoms with E-state index >= 15 is 0 Å². The van der Waals surface area contributed by atoms with Gasteiger partial charge in [-0.3, -0.25) is 9.97 Å². The van der Waals surface area contributed by atoms with Gasteiger partial charge < -0.3 is 0 Å². The Morgan fingerprint density at radius 3 is 2.62 bits per heavy atom. The van der Waals surface area contributed by atoms with Crippen molar-refractivity contribution in [3.8, 4) is 0 Å². The highest BCUT2D eigenvalue weighted by atomic mass is 14.8. The van der Waals surface area contributed by atoms with Crippen LogP contribution in [0.2, 0.25) is 0 Å². The predicted octanol–water partition coefficient (Wildman–Crippen LogP) is 2.66. The van der Waals surface area contributed by atoms with Crippen molar-refractivity contribution in [3.05, 3.63) is 42.2 Å². The van der Waals surface area contributed by atoms with Crippen LogP contribution >= 0.6 is 0 Å². The maximum atomic E-state index is 4.23. The molecular formula is C11H10N2. The van der Waals surface area contributed by atoms with Crippen LogP contribution in [0.4, 0.5) is 0 Å². The Kier molecular flexibility index (Phi) is 2.04. The van der Waals surface area contributed by atoms with Gasteiger partial charge in [0.05, 0.1) is 11.0 Å². The summed E-state index contributed by atoms with van der Waals surface area (Å²) in [5.74, 6) is 0. The fourth-order valence-corrected chi connectivity index (χ4v) is 1.28. The van der Waals surface area contributed by atoms with Crippen LogP contribution < -0.4 is 0 Å². The quantitative estimate of drug-likeness (QED) is 0.657. The second kappa shape index (κ2) is 3.35. The molecule has 2 aromatic rings. The summed E-state index contributed by atoms with van der Waals surface area (Å²) in [6.45, 7) is 2.00. The lowest BCUT2D eigenvalue weighted by molar-refractivity contribution is 1.29. The minimum absolute atomic E-state index is 0.941. The van der Waals surface area contributed by atoms with Crippen molar-refractivity contribution >= 4 is 17.1 Å². The lowest BCUT2D eigenvalue weighted by atomic mass is 10.2. The summed E-state index contributed by atoms with van der Waals surface area (Å²) in [5, 5.41) is 0. The second-order valence-electron chi connectivity index (χ2n) is 2.80. The van der Waals surface area contributed by atoms with Gasteiger partial charge >= 0.3 is 0 Å². The first-order chi connectivity index (χ1) is 6.40. The number of rotatable bonds is 1. The van der Waals surface area contributed by atoms with Gasteiger partial charge in [-0.05, 0) is 24.6 Å². The molecule has 13 heavy (non-hydrogen) atoms. The first-order valence-corrected chi connectivity index (χ1v) is 4.23. The lowest BCUT2D eigenvalue weighted by Gasteiger charge is -1.96. The number of hydrogen-bond donors (Lipinski definition) is 0. The fraction of sp³-hybridized carbons (Fsp3) is 0.0909. The molecule has 64 valence electrons. The van der Waals surface area contributed by atoms with Crippen molar-refractivity contribution < 1.29 is 0 Å². The average molecular weight is 170 g/mol. The van der Waals surface area contributed by atoms with Crippen molar-refractivity contribution in [2.75, 3.05) is 0 Å². The van der Waals surface area contributed by atoms with Gasteiger partial charge in [-0.25, -0.2) is 0 Å². The van der Waals surface area contributed by atoms with E-state index in [4.69, 9.17) is 0 Å². The van der Waals surface area contributed by atoms with Crippen LogP contribution in [0.25, 0.3) is 17.1 Å². The molecule has 0 saturated heterocycles. The first-order valence-electron chi connectivity index (χ1n) is 4.23. The molecule has 0 unspecified atom stereocenters. The smallest absolute Gasteiger partial charge is 0.0892 e. The molecule has 0 radical (unpaired) electrons. The minimum atomic E-state index is 0.941. The van der Waals surface area contributed by atoms with Crippen LogP contribution in [0.3, 0.4) is 0 Å². The molecule has 0 aliphatic heterocycles. The fourth-order valence-electron chi connectivity index (χ4n) is 1.28. The molecule has 0 bridgehead atoms.